The molecule has 152 valence electrons. The molecule has 0 saturated carbocycles. The highest BCUT2D eigenvalue weighted by Gasteiger charge is 2.29. The van der Waals surface area contributed by atoms with E-state index in [2.05, 4.69) is 10.5 Å². The predicted molar refractivity (Wildman–Crippen MR) is 120 cm³/mol. The summed E-state index contributed by atoms with van der Waals surface area (Å²) in [6.45, 7) is 0. The summed E-state index contributed by atoms with van der Waals surface area (Å²) in [6, 6.07) is 22.7. The van der Waals surface area contributed by atoms with Gasteiger partial charge in [-0.25, -0.2) is 0 Å². The van der Waals surface area contributed by atoms with Crippen LogP contribution in [0.15, 0.2) is 87.7 Å². The minimum absolute atomic E-state index is 0.230. The minimum Gasteiger partial charge on any atom is -0.497 e. The maximum atomic E-state index is 12.8. The van der Waals surface area contributed by atoms with E-state index in [1.807, 2.05) is 72.8 Å². The third-order valence-electron chi connectivity index (χ3n) is 4.57. The Morgan fingerprint density at radius 2 is 1.83 bits per heavy atom. The number of anilines is 1. The quantitative estimate of drug-likeness (QED) is 0.541. The SMILES string of the molecule is COc1ccc(C2=NOC(C(=O)Nc3ccccc3Sc3ccc(Cl)cc3)C2)cc1. The zero-order valence-electron chi connectivity index (χ0n) is 16.2. The van der Waals surface area contributed by atoms with Crippen molar-refractivity contribution in [2.45, 2.75) is 22.3 Å². The number of hydrogen-bond donors (Lipinski definition) is 1. The summed E-state index contributed by atoms with van der Waals surface area (Å²) in [5, 5.41) is 7.76. The number of nitrogens with zero attached hydrogens (tertiary/aromatic N) is 1. The molecule has 0 fully saturated rings. The van der Waals surface area contributed by atoms with Crippen LogP contribution < -0.4 is 10.1 Å². The zero-order valence-corrected chi connectivity index (χ0v) is 17.7. The molecule has 1 heterocycles. The molecule has 3 aromatic carbocycles. The van der Waals surface area contributed by atoms with E-state index in [9.17, 15) is 4.79 Å². The fourth-order valence-corrected chi connectivity index (χ4v) is 4.00. The Balaban J connectivity index is 1.41. The zero-order chi connectivity index (χ0) is 20.9. The Labute approximate surface area is 184 Å². The lowest BCUT2D eigenvalue weighted by Crippen LogP contribution is -2.28. The Kier molecular flexibility index (Phi) is 6.26. The molecule has 7 heteroatoms. The summed E-state index contributed by atoms with van der Waals surface area (Å²) < 4.78 is 5.17. The Hall–Kier alpha value is -2.96. The summed E-state index contributed by atoms with van der Waals surface area (Å²) in [5.41, 5.74) is 2.37. The van der Waals surface area contributed by atoms with Crippen molar-refractivity contribution in [2.24, 2.45) is 5.16 Å². The van der Waals surface area contributed by atoms with Crippen LogP contribution >= 0.6 is 23.4 Å². The number of ether oxygens (including phenoxy) is 1. The second-order valence-electron chi connectivity index (χ2n) is 6.61. The molecule has 1 amide bonds. The van der Waals surface area contributed by atoms with Crippen LogP contribution in [0.25, 0.3) is 0 Å². The molecule has 0 spiro atoms. The van der Waals surface area contributed by atoms with Gasteiger partial charge in [-0.15, -0.1) is 0 Å². The fraction of sp³-hybridized carbons (Fsp3) is 0.130. The normalized spacial score (nSPS) is 15.3. The van der Waals surface area contributed by atoms with Crippen molar-refractivity contribution in [3.05, 3.63) is 83.4 Å². The lowest BCUT2D eigenvalue weighted by molar-refractivity contribution is -0.125. The van der Waals surface area contributed by atoms with Crippen LogP contribution in [0.1, 0.15) is 12.0 Å². The van der Waals surface area contributed by atoms with Gasteiger partial charge in [0.25, 0.3) is 5.91 Å². The van der Waals surface area contributed by atoms with Gasteiger partial charge < -0.3 is 14.9 Å². The van der Waals surface area contributed by atoms with E-state index in [0.29, 0.717) is 11.4 Å². The van der Waals surface area contributed by atoms with Gasteiger partial charge in [0.05, 0.1) is 18.5 Å². The van der Waals surface area contributed by atoms with E-state index in [0.717, 1.165) is 32.5 Å². The molecule has 1 N–H and O–H groups in total. The van der Waals surface area contributed by atoms with Gasteiger partial charge in [0, 0.05) is 21.2 Å². The van der Waals surface area contributed by atoms with Crippen molar-refractivity contribution in [1.82, 2.24) is 0 Å². The average Bonchev–Trinajstić information content (AvgIpc) is 3.27. The molecule has 1 atom stereocenters. The average molecular weight is 439 g/mol. The third kappa shape index (κ3) is 4.78. The summed E-state index contributed by atoms with van der Waals surface area (Å²) in [5.74, 6) is 0.536. The predicted octanol–water partition coefficient (Wildman–Crippen LogP) is 5.63. The Morgan fingerprint density at radius 1 is 1.10 bits per heavy atom. The first-order valence-electron chi connectivity index (χ1n) is 9.33. The number of nitrogens with one attached hydrogen (secondary N) is 1. The van der Waals surface area contributed by atoms with Crippen LogP contribution in [-0.4, -0.2) is 24.8 Å². The third-order valence-corrected chi connectivity index (χ3v) is 5.91. The fourth-order valence-electron chi connectivity index (χ4n) is 2.97. The number of carbonyl (C=O) groups is 1. The van der Waals surface area contributed by atoms with Crippen LogP contribution in [0.2, 0.25) is 5.02 Å². The van der Waals surface area contributed by atoms with E-state index in [1.165, 1.54) is 0 Å². The molecule has 0 saturated heterocycles. The van der Waals surface area contributed by atoms with Crippen molar-refractivity contribution in [2.75, 3.05) is 12.4 Å². The lowest BCUT2D eigenvalue weighted by atomic mass is 10.0. The van der Waals surface area contributed by atoms with Crippen LogP contribution in [0.5, 0.6) is 5.75 Å². The van der Waals surface area contributed by atoms with Crippen LogP contribution in [-0.2, 0) is 9.63 Å². The van der Waals surface area contributed by atoms with Crippen LogP contribution in [0.4, 0.5) is 5.69 Å². The summed E-state index contributed by atoms with van der Waals surface area (Å²) >= 11 is 7.51. The van der Waals surface area contributed by atoms with Crippen molar-refractivity contribution < 1.29 is 14.4 Å². The van der Waals surface area contributed by atoms with Gasteiger partial charge in [0.1, 0.15) is 5.75 Å². The standard InChI is InChI=1S/C23H19ClN2O3S/c1-28-17-10-6-15(7-11-17)20-14-21(29-26-20)23(27)25-19-4-2-3-5-22(19)30-18-12-8-16(24)9-13-18/h2-13,21H,14H2,1H3,(H,25,27). The first-order chi connectivity index (χ1) is 14.6. The highest BCUT2D eigenvalue weighted by Crippen LogP contribution is 2.34. The molecule has 5 nitrogen and oxygen atoms in total. The van der Waals surface area contributed by atoms with Gasteiger partial charge in [-0.1, -0.05) is 40.7 Å². The van der Waals surface area contributed by atoms with Gasteiger partial charge >= 0.3 is 0 Å². The molecule has 4 rings (SSSR count). The Bertz CT molecular complexity index is 1070. The van der Waals surface area contributed by atoms with Gasteiger partial charge in [-0.2, -0.15) is 0 Å². The van der Waals surface area contributed by atoms with Crippen molar-refractivity contribution in [3.8, 4) is 5.75 Å². The summed E-state index contributed by atoms with van der Waals surface area (Å²) in [6.07, 6.45) is -0.263. The summed E-state index contributed by atoms with van der Waals surface area (Å²) in [4.78, 5) is 20.2. The topological polar surface area (TPSA) is 59.9 Å². The first-order valence-corrected chi connectivity index (χ1v) is 10.5. The molecule has 30 heavy (non-hydrogen) atoms. The number of rotatable bonds is 6. The van der Waals surface area contributed by atoms with E-state index >= 15 is 0 Å². The van der Waals surface area contributed by atoms with E-state index in [1.54, 1.807) is 18.9 Å². The monoisotopic (exact) mass is 438 g/mol. The highest BCUT2D eigenvalue weighted by molar-refractivity contribution is 7.99. The molecule has 3 aromatic rings. The van der Waals surface area contributed by atoms with Gasteiger partial charge in [0.15, 0.2) is 0 Å². The smallest absolute Gasteiger partial charge is 0.268 e. The molecule has 0 aliphatic carbocycles. The number of amides is 1. The van der Waals surface area contributed by atoms with Crippen LogP contribution in [0, 0.1) is 0 Å². The maximum Gasteiger partial charge on any atom is 0.268 e. The molecular formula is C23H19ClN2O3S. The van der Waals surface area contributed by atoms with E-state index in [4.69, 9.17) is 21.2 Å². The lowest BCUT2D eigenvalue weighted by Gasteiger charge is -2.13. The van der Waals surface area contributed by atoms with E-state index < -0.39 is 6.10 Å². The van der Waals surface area contributed by atoms with E-state index in [-0.39, 0.29) is 5.91 Å². The number of halogens is 1. The minimum atomic E-state index is -0.671. The molecule has 1 unspecified atom stereocenters. The number of methoxy groups -OCH3 is 1. The second-order valence-corrected chi connectivity index (χ2v) is 8.16. The van der Waals surface area contributed by atoms with Crippen molar-refractivity contribution in [3.63, 3.8) is 0 Å². The largest absolute Gasteiger partial charge is 0.497 e. The van der Waals surface area contributed by atoms with Crippen molar-refractivity contribution >= 4 is 40.7 Å². The number of carbonyl (C=O) groups excluding carboxylic acids is 1. The molecule has 1 aliphatic heterocycles. The number of para-hydroxylation sites is 1. The van der Waals surface area contributed by atoms with Gasteiger partial charge in [-0.05, 0) is 66.2 Å². The number of oxime groups is 1. The first kappa shape index (κ1) is 20.3. The molecule has 0 bridgehead atoms. The molecule has 0 aromatic heterocycles. The maximum absolute atomic E-state index is 12.8. The second kappa shape index (κ2) is 9.24. The summed E-state index contributed by atoms with van der Waals surface area (Å²) in [7, 11) is 1.62. The Morgan fingerprint density at radius 3 is 2.57 bits per heavy atom. The number of benzene rings is 3. The molecule has 0 radical (unpaired) electrons. The number of hydrogen-bond acceptors (Lipinski definition) is 5. The molecule has 1 aliphatic rings. The van der Waals surface area contributed by atoms with Gasteiger partial charge in [0.2, 0.25) is 6.10 Å². The van der Waals surface area contributed by atoms with Crippen LogP contribution in [0.3, 0.4) is 0 Å². The van der Waals surface area contributed by atoms with Gasteiger partial charge in [-0.3, -0.25) is 4.79 Å². The highest BCUT2D eigenvalue weighted by atomic mass is 35.5. The van der Waals surface area contributed by atoms with Crippen molar-refractivity contribution in [1.29, 1.82) is 0 Å². The molecular weight excluding hydrogens is 420 g/mol.